The van der Waals surface area contributed by atoms with Crippen LogP contribution >= 0.6 is 0 Å². The molecule has 1 atom stereocenters. The molecule has 0 aliphatic rings. The molecule has 0 bridgehead atoms. The van der Waals surface area contributed by atoms with Gasteiger partial charge >= 0.3 is 0 Å². The highest BCUT2D eigenvalue weighted by molar-refractivity contribution is 7.85. The van der Waals surface area contributed by atoms with Crippen LogP contribution < -0.4 is 4.74 Å². The topological polar surface area (TPSA) is 26.3 Å². The van der Waals surface area contributed by atoms with E-state index in [2.05, 4.69) is 0 Å². The summed E-state index contributed by atoms with van der Waals surface area (Å²) in [4.78, 5) is 0.442. The van der Waals surface area contributed by atoms with Gasteiger partial charge in [-0.25, -0.2) is 0 Å². The van der Waals surface area contributed by atoms with E-state index >= 15 is 0 Å². The monoisotopic (exact) mass is 187 g/mol. The number of rotatable bonds is 3. The van der Waals surface area contributed by atoms with Gasteiger partial charge in [0.25, 0.3) is 0 Å². The fraction of sp³-hybridized carbons (Fsp3) is 0.333. The maximum Gasteiger partial charge on any atom is 0.120 e. The third kappa shape index (κ3) is 2.08. The summed E-state index contributed by atoms with van der Waals surface area (Å²) in [6, 6.07) is 6.63. The van der Waals surface area contributed by atoms with Crippen molar-refractivity contribution in [1.82, 2.24) is 0 Å². The zero-order valence-corrected chi connectivity index (χ0v) is 7.85. The van der Waals surface area contributed by atoms with Crippen molar-refractivity contribution in [3.05, 3.63) is 24.3 Å². The fourth-order valence-electron chi connectivity index (χ4n) is 0.834. The van der Waals surface area contributed by atoms with Crippen LogP contribution in [0, 0.1) is 0 Å². The molecule has 3 heteroatoms. The van der Waals surface area contributed by atoms with Gasteiger partial charge in [0.2, 0.25) is 0 Å². The van der Waals surface area contributed by atoms with Crippen molar-refractivity contribution in [3.63, 3.8) is 0 Å². The first kappa shape index (κ1) is 6.66. The van der Waals surface area contributed by atoms with Crippen molar-refractivity contribution in [2.75, 3.05) is 12.8 Å². The van der Waals surface area contributed by atoms with Crippen LogP contribution in [0.3, 0.4) is 0 Å². The summed E-state index contributed by atoms with van der Waals surface area (Å²) < 4.78 is 31.2. The Morgan fingerprint density at radius 1 is 1.67 bits per heavy atom. The van der Waals surface area contributed by atoms with Crippen LogP contribution in [0.5, 0.6) is 5.75 Å². The molecule has 0 saturated carbocycles. The Labute approximate surface area is 77.8 Å². The molecule has 2 nitrogen and oxygen atoms in total. The lowest BCUT2D eigenvalue weighted by Gasteiger charge is -2.01. The van der Waals surface area contributed by atoms with Crippen molar-refractivity contribution in [2.24, 2.45) is 0 Å². The van der Waals surface area contributed by atoms with Gasteiger partial charge in [0, 0.05) is 13.3 Å². The molecule has 0 N–H and O–H groups in total. The minimum absolute atomic E-state index is 0.442. The maximum atomic E-state index is 11.6. The van der Waals surface area contributed by atoms with E-state index in [9.17, 15) is 4.21 Å². The Hall–Kier alpha value is -0.830. The molecule has 0 heterocycles. The highest BCUT2D eigenvalue weighted by atomic mass is 32.2. The van der Waals surface area contributed by atoms with Crippen LogP contribution in [-0.4, -0.2) is 17.0 Å². The van der Waals surface area contributed by atoms with Gasteiger partial charge in [0.1, 0.15) is 5.75 Å². The lowest BCUT2D eigenvalue weighted by atomic mass is 10.3. The summed E-state index contributed by atoms with van der Waals surface area (Å²) in [6.45, 7) is 1.29. The van der Waals surface area contributed by atoms with Crippen molar-refractivity contribution in [2.45, 2.75) is 11.8 Å². The second kappa shape index (κ2) is 4.26. The Morgan fingerprint density at radius 3 is 3.00 bits per heavy atom. The summed E-state index contributed by atoms with van der Waals surface area (Å²) in [5.74, 6) is 0.583. The summed E-state index contributed by atoms with van der Waals surface area (Å²) in [6.07, 6.45) is 0. The van der Waals surface area contributed by atoms with Gasteiger partial charge in [-0.3, -0.25) is 4.21 Å². The van der Waals surface area contributed by atoms with Crippen LogP contribution in [0.4, 0.5) is 0 Å². The molecule has 0 radical (unpaired) electrons. The Bertz CT molecular complexity index is 347. The third-order valence-electron chi connectivity index (χ3n) is 1.44. The molecule has 66 valence electrons. The second-order valence-electron chi connectivity index (χ2n) is 2.15. The van der Waals surface area contributed by atoms with E-state index in [0.29, 0.717) is 10.6 Å². The van der Waals surface area contributed by atoms with Gasteiger partial charge in [-0.1, -0.05) is 13.0 Å². The van der Waals surface area contributed by atoms with Crippen LogP contribution in [-0.2, 0) is 10.8 Å². The van der Waals surface area contributed by atoms with Gasteiger partial charge in [0.15, 0.2) is 0 Å². The lowest BCUT2D eigenvalue weighted by Crippen LogP contribution is -1.94. The van der Waals surface area contributed by atoms with Crippen LogP contribution in [0.2, 0.25) is 0 Å². The minimum atomic E-state index is -1.73. The molecule has 0 aliphatic heterocycles. The fourth-order valence-corrected chi connectivity index (χ4v) is 1.50. The summed E-state index contributed by atoms with van der Waals surface area (Å²) in [7, 11) is -0.143. The highest BCUT2D eigenvalue weighted by Gasteiger charge is 2.00. The average molecular weight is 187 g/mol. The number of benzene rings is 1. The number of hydrogen-bond donors (Lipinski definition) is 0. The standard InChI is InChI=1S/C9H12O2S/c1-3-12(10)9-6-4-5-8(7-9)11-2/h4-7H,3H2,1-2H3/i3+1D2. The van der Waals surface area contributed by atoms with Crippen molar-refractivity contribution >= 4 is 10.8 Å². The normalized spacial score (nSPS) is 16.2. The van der Waals surface area contributed by atoms with E-state index in [4.69, 9.17) is 7.48 Å². The third-order valence-corrected chi connectivity index (χ3v) is 2.49. The van der Waals surface area contributed by atoms with E-state index in [1.807, 2.05) is 0 Å². The first-order chi connectivity index (χ1) is 6.45. The first-order valence-corrected chi connectivity index (χ1v) is 4.66. The molecule has 0 aromatic heterocycles. The molecule has 0 saturated heterocycles. The molecule has 12 heavy (non-hydrogen) atoms. The summed E-state index contributed by atoms with van der Waals surface area (Å²) in [5, 5.41) is 0. The molecule has 0 spiro atoms. The minimum Gasteiger partial charge on any atom is -0.497 e. The lowest BCUT2D eigenvalue weighted by molar-refractivity contribution is 0.413. The molecule has 1 rings (SSSR count). The molecule has 1 unspecified atom stereocenters. The Morgan fingerprint density at radius 2 is 2.42 bits per heavy atom. The van der Waals surface area contributed by atoms with Crippen molar-refractivity contribution in [3.8, 4) is 5.75 Å². The first-order valence-electron chi connectivity index (χ1n) is 4.51. The second-order valence-corrected chi connectivity index (χ2v) is 3.57. The smallest absolute Gasteiger partial charge is 0.120 e. The zero-order valence-electron chi connectivity index (χ0n) is 9.03. The Kier molecular flexibility index (Phi) is 2.36. The van der Waals surface area contributed by atoms with E-state index in [0.717, 1.165) is 0 Å². The largest absolute Gasteiger partial charge is 0.497 e. The molecular weight excluding hydrogens is 173 g/mol. The van der Waals surface area contributed by atoms with Gasteiger partial charge < -0.3 is 4.74 Å². The van der Waals surface area contributed by atoms with E-state index in [1.165, 1.54) is 14.0 Å². The predicted octanol–water partition coefficient (Wildman–Crippen LogP) is 1.82. The molecular formula is C9H12O2S. The SMILES string of the molecule is [2H][13C]([2H])(C)S(=O)c1cccc(OC)c1. The number of hydrogen-bond acceptors (Lipinski definition) is 2. The quantitative estimate of drug-likeness (QED) is 0.675. The summed E-state index contributed by atoms with van der Waals surface area (Å²) in [5.41, 5.74) is -1.73. The van der Waals surface area contributed by atoms with Crippen molar-refractivity contribution < 1.29 is 11.7 Å². The van der Waals surface area contributed by atoms with Gasteiger partial charge in [0.05, 0.1) is 17.9 Å². The van der Waals surface area contributed by atoms with Crippen LogP contribution in [0.25, 0.3) is 0 Å². The molecule has 0 fully saturated rings. The molecule has 1 aromatic carbocycles. The van der Waals surface area contributed by atoms with Gasteiger partial charge in [-0.15, -0.1) is 0 Å². The van der Waals surface area contributed by atoms with Crippen LogP contribution in [0.1, 0.15) is 9.67 Å². The van der Waals surface area contributed by atoms with Gasteiger partial charge in [-0.2, -0.15) is 0 Å². The van der Waals surface area contributed by atoms with Gasteiger partial charge in [-0.05, 0) is 18.2 Å². The molecule has 0 aliphatic carbocycles. The summed E-state index contributed by atoms with van der Waals surface area (Å²) >= 11 is 0. The Balaban J connectivity index is 3.02. The highest BCUT2D eigenvalue weighted by Crippen LogP contribution is 2.15. The predicted molar refractivity (Wildman–Crippen MR) is 49.9 cm³/mol. The van der Waals surface area contributed by atoms with E-state index in [-0.39, 0.29) is 0 Å². The average Bonchev–Trinajstić information content (AvgIpc) is 2.15. The maximum absolute atomic E-state index is 11.6. The van der Waals surface area contributed by atoms with E-state index in [1.54, 1.807) is 24.3 Å². The number of methoxy groups -OCH3 is 1. The zero-order chi connectivity index (χ0) is 10.8. The van der Waals surface area contributed by atoms with E-state index < -0.39 is 16.5 Å². The number of ether oxygens (including phenoxy) is 1. The molecule has 1 aromatic rings. The van der Waals surface area contributed by atoms with Crippen molar-refractivity contribution in [1.29, 1.82) is 0 Å². The van der Waals surface area contributed by atoms with Crippen LogP contribution in [0.15, 0.2) is 29.2 Å². The molecule has 0 amide bonds.